The Morgan fingerprint density at radius 3 is 2.76 bits per heavy atom. The maximum Gasteiger partial charge on any atom is 0.191 e. The van der Waals surface area contributed by atoms with Crippen LogP contribution in [0.25, 0.3) is 0 Å². The highest BCUT2D eigenvalue weighted by molar-refractivity contribution is 14.0. The van der Waals surface area contributed by atoms with E-state index >= 15 is 0 Å². The van der Waals surface area contributed by atoms with E-state index in [9.17, 15) is 8.78 Å². The molecular formula is C18H28F2IN3O. The van der Waals surface area contributed by atoms with Crippen LogP contribution in [-0.2, 0) is 11.2 Å². The Balaban J connectivity index is 0.00000312. The Bertz CT molecular complexity index is 539. The first-order valence-corrected chi connectivity index (χ1v) is 8.73. The smallest absolute Gasteiger partial charge is 0.191 e. The molecule has 0 spiro atoms. The number of guanidine groups is 1. The fourth-order valence-electron chi connectivity index (χ4n) is 2.27. The lowest BCUT2D eigenvalue weighted by molar-refractivity contribution is 0.123. The van der Waals surface area contributed by atoms with Gasteiger partial charge in [0.1, 0.15) is 11.6 Å². The standard InChI is InChI=1S/C18H27F2N3O.HI/c1-2-21-18(22-9-3-11-24-13-14-4-5-14)23-10-8-15-6-7-16(19)12-17(15)20;/h6-7,12,14H,2-5,8-11,13H2,1H3,(H2,21,22,23);1H. The van der Waals surface area contributed by atoms with Gasteiger partial charge in [-0.3, -0.25) is 4.99 Å². The lowest BCUT2D eigenvalue weighted by Gasteiger charge is -2.11. The van der Waals surface area contributed by atoms with E-state index in [0.29, 0.717) is 31.0 Å². The van der Waals surface area contributed by atoms with Gasteiger partial charge in [-0.1, -0.05) is 6.07 Å². The van der Waals surface area contributed by atoms with Gasteiger partial charge in [0.25, 0.3) is 0 Å². The van der Waals surface area contributed by atoms with E-state index in [-0.39, 0.29) is 24.0 Å². The second-order valence-electron chi connectivity index (χ2n) is 6.05. The summed E-state index contributed by atoms with van der Waals surface area (Å²) in [6.45, 7) is 5.59. The number of aliphatic imine (C=N–C) groups is 1. The van der Waals surface area contributed by atoms with Crippen molar-refractivity contribution in [2.24, 2.45) is 10.9 Å². The Morgan fingerprint density at radius 1 is 1.28 bits per heavy atom. The normalized spacial score (nSPS) is 14.1. The van der Waals surface area contributed by atoms with E-state index in [1.54, 1.807) is 0 Å². The number of benzene rings is 1. The molecule has 142 valence electrons. The molecule has 0 unspecified atom stereocenters. The number of halogens is 3. The van der Waals surface area contributed by atoms with E-state index < -0.39 is 11.6 Å². The minimum Gasteiger partial charge on any atom is -0.381 e. The zero-order valence-electron chi connectivity index (χ0n) is 14.7. The number of rotatable bonds is 10. The van der Waals surface area contributed by atoms with Gasteiger partial charge in [0, 0.05) is 38.9 Å². The summed E-state index contributed by atoms with van der Waals surface area (Å²) in [7, 11) is 0. The minimum atomic E-state index is -0.553. The molecular weight excluding hydrogens is 439 g/mol. The third kappa shape index (κ3) is 9.34. The summed E-state index contributed by atoms with van der Waals surface area (Å²) < 4.78 is 32.0. The highest BCUT2D eigenvalue weighted by atomic mass is 127. The van der Waals surface area contributed by atoms with Gasteiger partial charge < -0.3 is 15.4 Å². The zero-order chi connectivity index (χ0) is 17.2. The van der Waals surface area contributed by atoms with Crippen LogP contribution in [-0.4, -0.2) is 38.8 Å². The van der Waals surface area contributed by atoms with Crippen molar-refractivity contribution in [2.75, 3.05) is 32.8 Å². The third-order valence-electron chi connectivity index (χ3n) is 3.81. The van der Waals surface area contributed by atoms with Crippen molar-refractivity contribution in [1.29, 1.82) is 0 Å². The van der Waals surface area contributed by atoms with E-state index in [1.165, 1.54) is 25.0 Å². The SMILES string of the molecule is CCNC(=NCCCOCC1CC1)NCCc1ccc(F)cc1F.I. The molecule has 0 radical (unpaired) electrons. The van der Waals surface area contributed by atoms with Gasteiger partial charge in [-0.05, 0) is 50.2 Å². The summed E-state index contributed by atoms with van der Waals surface area (Å²) in [5.74, 6) is 0.441. The van der Waals surface area contributed by atoms with Crippen molar-refractivity contribution < 1.29 is 13.5 Å². The molecule has 2 rings (SSSR count). The summed E-state index contributed by atoms with van der Waals surface area (Å²) in [4.78, 5) is 4.47. The molecule has 0 aliphatic heterocycles. The summed E-state index contributed by atoms with van der Waals surface area (Å²) in [5, 5.41) is 6.32. The van der Waals surface area contributed by atoms with Crippen LogP contribution in [0.5, 0.6) is 0 Å². The Labute approximate surface area is 165 Å². The van der Waals surface area contributed by atoms with Gasteiger partial charge in [-0.25, -0.2) is 8.78 Å². The van der Waals surface area contributed by atoms with Crippen molar-refractivity contribution in [3.8, 4) is 0 Å². The molecule has 2 N–H and O–H groups in total. The molecule has 1 aromatic carbocycles. The van der Waals surface area contributed by atoms with Crippen LogP contribution >= 0.6 is 24.0 Å². The number of nitrogens with one attached hydrogen (secondary N) is 2. The van der Waals surface area contributed by atoms with Crippen LogP contribution in [0.1, 0.15) is 31.7 Å². The molecule has 0 aromatic heterocycles. The maximum atomic E-state index is 13.6. The molecule has 1 aliphatic rings. The van der Waals surface area contributed by atoms with Crippen LogP contribution < -0.4 is 10.6 Å². The predicted octanol–water partition coefficient (Wildman–Crippen LogP) is 3.50. The summed E-state index contributed by atoms with van der Waals surface area (Å²) in [6.07, 6.45) is 3.97. The van der Waals surface area contributed by atoms with Crippen LogP contribution in [0.2, 0.25) is 0 Å². The first kappa shape index (κ1) is 22.1. The van der Waals surface area contributed by atoms with Gasteiger partial charge in [-0.15, -0.1) is 24.0 Å². The Morgan fingerprint density at radius 2 is 2.08 bits per heavy atom. The number of hydrogen-bond donors (Lipinski definition) is 2. The maximum absolute atomic E-state index is 13.6. The zero-order valence-corrected chi connectivity index (χ0v) is 17.0. The summed E-state index contributed by atoms with van der Waals surface area (Å²) in [6, 6.07) is 3.67. The first-order chi connectivity index (χ1) is 11.7. The molecule has 0 bridgehead atoms. The van der Waals surface area contributed by atoms with Gasteiger partial charge in [0.15, 0.2) is 5.96 Å². The van der Waals surface area contributed by atoms with Crippen LogP contribution in [0.15, 0.2) is 23.2 Å². The van der Waals surface area contributed by atoms with E-state index in [0.717, 1.165) is 38.2 Å². The highest BCUT2D eigenvalue weighted by Gasteiger charge is 2.20. The third-order valence-corrected chi connectivity index (χ3v) is 3.81. The number of ether oxygens (including phenoxy) is 1. The van der Waals surface area contributed by atoms with Gasteiger partial charge in [0.2, 0.25) is 0 Å². The van der Waals surface area contributed by atoms with Gasteiger partial charge in [-0.2, -0.15) is 0 Å². The molecule has 0 saturated heterocycles. The quantitative estimate of drug-likeness (QED) is 0.240. The van der Waals surface area contributed by atoms with Crippen molar-refractivity contribution in [3.05, 3.63) is 35.4 Å². The topological polar surface area (TPSA) is 45.7 Å². The second-order valence-corrected chi connectivity index (χ2v) is 6.05. The molecule has 1 aliphatic carbocycles. The summed E-state index contributed by atoms with van der Waals surface area (Å²) >= 11 is 0. The molecule has 25 heavy (non-hydrogen) atoms. The molecule has 0 atom stereocenters. The molecule has 1 fully saturated rings. The average Bonchev–Trinajstić information content (AvgIpc) is 3.37. The second kappa shape index (κ2) is 12.4. The predicted molar refractivity (Wildman–Crippen MR) is 108 cm³/mol. The molecule has 1 aromatic rings. The highest BCUT2D eigenvalue weighted by Crippen LogP contribution is 2.28. The van der Waals surface area contributed by atoms with Crippen molar-refractivity contribution in [3.63, 3.8) is 0 Å². The lowest BCUT2D eigenvalue weighted by Crippen LogP contribution is -2.38. The largest absolute Gasteiger partial charge is 0.381 e. The Kier molecular flexibility index (Phi) is 11.0. The lowest BCUT2D eigenvalue weighted by atomic mass is 10.1. The Hall–Kier alpha value is -0.960. The van der Waals surface area contributed by atoms with Gasteiger partial charge in [0.05, 0.1) is 0 Å². The van der Waals surface area contributed by atoms with Crippen molar-refractivity contribution in [2.45, 2.75) is 32.6 Å². The van der Waals surface area contributed by atoms with Crippen LogP contribution in [0.3, 0.4) is 0 Å². The molecule has 0 heterocycles. The average molecular weight is 467 g/mol. The molecule has 4 nitrogen and oxygen atoms in total. The van der Waals surface area contributed by atoms with Gasteiger partial charge >= 0.3 is 0 Å². The van der Waals surface area contributed by atoms with Crippen LogP contribution in [0, 0.1) is 17.6 Å². The minimum absolute atomic E-state index is 0. The fourth-order valence-corrected chi connectivity index (χ4v) is 2.27. The fraction of sp³-hybridized carbons (Fsp3) is 0.611. The van der Waals surface area contributed by atoms with Crippen molar-refractivity contribution >= 4 is 29.9 Å². The number of hydrogen-bond acceptors (Lipinski definition) is 2. The monoisotopic (exact) mass is 467 g/mol. The van der Waals surface area contributed by atoms with E-state index in [4.69, 9.17) is 4.74 Å². The molecule has 1 saturated carbocycles. The summed E-state index contributed by atoms with van der Waals surface area (Å²) in [5.41, 5.74) is 0.494. The molecule has 7 heteroatoms. The number of nitrogens with zero attached hydrogens (tertiary/aromatic N) is 1. The first-order valence-electron chi connectivity index (χ1n) is 8.73. The van der Waals surface area contributed by atoms with Crippen molar-refractivity contribution in [1.82, 2.24) is 10.6 Å². The van der Waals surface area contributed by atoms with Crippen LogP contribution in [0.4, 0.5) is 8.78 Å². The van der Waals surface area contributed by atoms with E-state index in [1.807, 2.05) is 6.92 Å². The molecule has 0 amide bonds. The van der Waals surface area contributed by atoms with E-state index in [2.05, 4.69) is 15.6 Å².